The summed E-state index contributed by atoms with van der Waals surface area (Å²) in [5, 5.41) is 12.3. The molecule has 0 saturated heterocycles. The van der Waals surface area contributed by atoms with Gasteiger partial charge < -0.3 is 10.6 Å². The Labute approximate surface area is 122 Å². The molecule has 0 atom stereocenters. The number of nitrogens with one attached hydrogen (secondary N) is 3. The molecule has 1 aromatic heterocycles. The van der Waals surface area contributed by atoms with Crippen LogP contribution in [0.25, 0.3) is 0 Å². The van der Waals surface area contributed by atoms with Crippen LogP contribution in [-0.2, 0) is 4.79 Å². The first kappa shape index (κ1) is 14.8. The number of amides is 2. The molecule has 1 heterocycles. The van der Waals surface area contributed by atoms with Crippen LogP contribution in [0.3, 0.4) is 0 Å². The van der Waals surface area contributed by atoms with Crippen molar-refractivity contribution < 1.29 is 9.59 Å². The largest absolute Gasteiger partial charge is 0.326 e. The van der Waals surface area contributed by atoms with Gasteiger partial charge in [-0.2, -0.15) is 5.10 Å². The maximum Gasteiger partial charge on any atom is 0.256 e. The highest BCUT2D eigenvalue weighted by atomic mass is 16.2. The molecule has 110 valence electrons. The Balaban J connectivity index is 2.10. The molecule has 0 aliphatic heterocycles. The smallest absolute Gasteiger partial charge is 0.256 e. The van der Waals surface area contributed by atoms with Gasteiger partial charge in [-0.15, -0.1) is 0 Å². The number of hydrogen-bond donors (Lipinski definition) is 3. The van der Waals surface area contributed by atoms with Gasteiger partial charge in [-0.3, -0.25) is 14.7 Å². The average molecular weight is 286 g/mol. The standard InChI is InChI=1S/C15H18N4O2/c1-9(2)13-8-14(19-18-13)17-15(21)11-5-4-6-12(7-11)16-10(3)20/h4-9H,1-3H3,(H,16,20)(H2,17,18,19,21). The van der Waals surface area contributed by atoms with Gasteiger partial charge in [-0.1, -0.05) is 19.9 Å². The molecule has 21 heavy (non-hydrogen) atoms. The Morgan fingerprint density at radius 3 is 2.57 bits per heavy atom. The van der Waals surface area contributed by atoms with Crippen LogP contribution in [-0.4, -0.2) is 22.0 Å². The first-order valence-corrected chi connectivity index (χ1v) is 6.70. The third-order valence-electron chi connectivity index (χ3n) is 2.91. The molecule has 6 heteroatoms. The van der Waals surface area contributed by atoms with Crippen molar-refractivity contribution in [2.24, 2.45) is 0 Å². The second kappa shape index (κ2) is 6.21. The molecule has 6 nitrogen and oxygen atoms in total. The highest BCUT2D eigenvalue weighted by Gasteiger charge is 2.10. The van der Waals surface area contributed by atoms with Crippen molar-refractivity contribution in [1.29, 1.82) is 0 Å². The van der Waals surface area contributed by atoms with Crippen LogP contribution >= 0.6 is 0 Å². The number of aromatic amines is 1. The number of H-pyrrole nitrogens is 1. The summed E-state index contributed by atoms with van der Waals surface area (Å²) in [6.07, 6.45) is 0. The molecular weight excluding hydrogens is 268 g/mol. The Kier molecular flexibility index (Phi) is 4.37. The van der Waals surface area contributed by atoms with Gasteiger partial charge in [0.2, 0.25) is 5.91 Å². The molecule has 2 rings (SSSR count). The lowest BCUT2D eigenvalue weighted by Gasteiger charge is -2.05. The van der Waals surface area contributed by atoms with E-state index in [0.717, 1.165) is 5.69 Å². The van der Waals surface area contributed by atoms with E-state index in [2.05, 4.69) is 20.8 Å². The fraction of sp³-hybridized carbons (Fsp3) is 0.267. The van der Waals surface area contributed by atoms with Crippen molar-refractivity contribution in [2.75, 3.05) is 10.6 Å². The monoisotopic (exact) mass is 286 g/mol. The van der Waals surface area contributed by atoms with Crippen molar-refractivity contribution in [3.05, 3.63) is 41.6 Å². The Morgan fingerprint density at radius 1 is 1.19 bits per heavy atom. The molecule has 0 aliphatic carbocycles. The number of carbonyl (C=O) groups is 2. The zero-order chi connectivity index (χ0) is 15.4. The normalized spacial score (nSPS) is 10.5. The maximum atomic E-state index is 12.2. The Hall–Kier alpha value is -2.63. The van der Waals surface area contributed by atoms with Gasteiger partial charge in [0, 0.05) is 29.9 Å². The molecule has 0 bridgehead atoms. The molecule has 0 spiro atoms. The lowest BCUT2D eigenvalue weighted by molar-refractivity contribution is -0.114. The van der Waals surface area contributed by atoms with E-state index < -0.39 is 0 Å². The van der Waals surface area contributed by atoms with E-state index in [4.69, 9.17) is 0 Å². The van der Waals surface area contributed by atoms with Gasteiger partial charge in [-0.25, -0.2) is 0 Å². The average Bonchev–Trinajstić information content (AvgIpc) is 2.87. The summed E-state index contributed by atoms with van der Waals surface area (Å²) in [5.41, 5.74) is 1.99. The van der Waals surface area contributed by atoms with Crippen molar-refractivity contribution in [2.45, 2.75) is 26.7 Å². The minimum atomic E-state index is -0.274. The summed E-state index contributed by atoms with van der Waals surface area (Å²) in [7, 11) is 0. The fourth-order valence-electron chi connectivity index (χ4n) is 1.83. The number of rotatable bonds is 4. The van der Waals surface area contributed by atoms with E-state index in [0.29, 0.717) is 23.0 Å². The van der Waals surface area contributed by atoms with Gasteiger partial charge in [0.1, 0.15) is 0 Å². The summed E-state index contributed by atoms with van der Waals surface area (Å²) < 4.78 is 0. The van der Waals surface area contributed by atoms with E-state index >= 15 is 0 Å². The summed E-state index contributed by atoms with van der Waals surface area (Å²) in [5.74, 6) is 0.338. The minimum absolute atomic E-state index is 0.179. The molecule has 2 amide bonds. The van der Waals surface area contributed by atoms with Crippen LogP contribution in [0.5, 0.6) is 0 Å². The van der Waals surface area contributed by atoms with E-state index in [1.807, 2.05) is 13.8 Å². The number of benzene rings is 1. The number of hydrogen-bond acceptors (Lipinski definition) is 3. The first-order chi connectivity index (χ1) is 9.95. The number of anilines is 2. The summed E-state index contributed by atoms with van der Waals surface area (Å²) >= 11 is 0. The maximum absolute atomic E-state index is 12.2. The Bertz CT molecular complexity index is 661. The van der Waals surface area contributed by atoms with Crippen molar-refractivity contribution in [1.82, 2.24) is 10.2 Å². The number of nitrogens with zero attached hydrogens (tertiary/aromatic N) is 1. The lowest BCUT2D eigenvalue weighted by atomic mass is 10.1. The topological polar surface area (TPSA) is 86.9 Å². The lowest BCUT2D eigenvalue weighted by Crippen LogP contribution is -2.13. The van der Waals surface area contributed by atoms with Gasteiger partial charge >= 0.3 is 0 Å². The molecule has 0 radical (unpaired) electrons. The third-order valence-corrected chi connectivity index (χ3v) is 2.91. The van der Waals surface area contributed by atoms with Gasteiger partial charge in [-0.05, 0) is 24.1 Å². The Morgan fingerprint density at radius 2 is 1.95 bits per heavy atom. The van der Waals surface area contributed by atoms with Crippen LogP contribution in [0.15, 0.2) is 30.3 Å². The van der Waals surface area contributed by atoms with Crippen LogP contribution in [0.2, 0.25) is 0 Å². The van der Waals surface area contributed by atoms with Gasteiger partial charge in [0.15, 0.2) is 5.82 Å². The zero-order valence-electron chi connectivity index (χ0n) is 12.2. The van der Waals surface area contributed by atoms with Crippen LogP contribution < -0.4 is 10.6 Å². The number of aromatic nitrogens is 2. The predicted molar refractivity (Wildman–Crippen MR) is 81.4 cm³/mol. The highest BCUT2D eigenvalue weighted by Crippen LogP contribution is 2.16. The van der Waals surface area contributed by atoms with E-state index in [-0.39, 0.29) is 11.8 Å². The highest BCUT2D eigenvalue weighted by molar-refractivity contribution is 6.04. The molecule has 3 N–H and O–H groups in total. The van der Waals surface area contributed by atoms with Crippen molar-refractivity contribution in [3.63, 3.8) is 0 Å². The third kappa shape index (κ3) is 3.92. The fourth-order valence-corrected chi connectivity index (χ4v) is 1.83. The van der Waals surface area contributed by atoms with E-state index in [1.54, 1.807) is 30.3 Å². The first-order valence-electron chi connectivity index (χ1n) is 6.70. The SMILES string of the molecule is CC(=O)Nc1cccc(C(=O)Nc2cc(C(C)C)[nH]n2)c1. The molecule has 2 aromatic rings. The van der Waals surface area contributed by atoms with Gasteiger partial charge in [0.05, 0.1) is 0 Å². The second-order valence-corrected chi connectivity index (χ2v) is 5.08. The predicted octanol–water partition coefficient (Wildman–Crippen LogP) is 2.74. The molecule has 0 aliphatic rings. The van der Waals surface area contributed by atoms with Crippen LogP contribution in [0.1, 0.15) is 42.7 Å². The van der Waals surface area contributed by atoms with Crippen molar-refractivity contribution in [3.8, 4) is 0 Å². The summed E-state index contributed by atoms with van der Waals surface area (Å²) in [6, 6.07) is 8.54. The van der Waals surface area contributed by atoms with E-state index in [1.165, 1.54) is 6.92 Å². The molecule has 1 aromatic carbocycles. The van der Waals surface area contributed by atoms with Crippen LogP contribution in [0.4, 0.5) is 11.5 Å². The zero-order valence-corrected chi connectivity index (χ0v) is 12.2. The number of carbonyl (C=O) groups excluding carboxylic acids is 2. The summed E-state index contributed by atoms with van der Waals surface area (Å²) in [4.78, 5) is 23.2. The molecule has 0 saturated carbocycles. The van der Waals surface area contributed by atoms with E-state index in [9.17, 15) is 9.59 Å². The molecule has 0 unspecified atom stereocenters. The van der Waals surface area contributed by atoms with Crippen molar-refractivity contribution >= 4 is 23.3 Å². The molecular formula is C15H18N4O2. The van der Waals surface area contributed by atoms with Gasteiger partial charge in [0.25, 0.3) is 5.91 Å². The summed E-state index contributed by atoms with van der Waals surface area (Å²) in [6.45, 7) is 5.50. The minimum Gasteiger partial charge on any atom is -0.326 e. The molecule has 0 fully saturated rings. The second-order valence-electron chi connectivity index (χ2n) is 5.08. The quantitative estimate of drug-likeness (QED) is 0.807. The van der Waals surface area contributed by atoms with Crippen LogP contribution in [0, 0.1) is 0 Å².